The van der Waals surface area contributed by atoms with Crippen LogP contribution in [0.2, 0.25) is 0 Å². The van der Waals surface area contributed by atoms with Crippen LogP contribution in [0.25, 0.3) is 11.3 Å². The van der Waals surface area contributed by atoms with Crippen molar-refractivity contribution in [1.82, 2.24) is 9.88 Å². The first-order valence-electron chi connectivity index (χ1n) is 10.4. The fourth-order valence-electron chi connectivity index (χ4n) is 3.77. The minimum Gasteiger partial charge on any atom is -0.384 e. The predicted molar refractivity (Wildman–Crippen MR) is 125 cm³/mol. The van der Waals surface area contributed by atoms with Crippen LogP contribution in [0.3, 0.4) is 0 Å². The Morgan fingerprint density at radius 3 is 1.87 bits per heavy atom. The van der Waals surface area contributed by atoms with Crippen molar-refractivity contribution in [3.05, 3.63) is 120 Å². The lowest BCUT2D eigenvalue weighted by Crippen LogP contribution is -2.25. The van der Waals surface area contributed by atoms with Crippen LogP contribution in [0.5, 0.6) is 0 Å². The summed E-state index contributed by atoms with van der Waals surface area (Å²) in [5.41, 5.74) is 12.0. The molecule has 0 saturated heterocycles. The highest BCUT2D eigenvalue weighted by Gasteiger charge is 2.11. The first-order valence-corrected chi connectivity index (χ1v) is 10.4. The molecule has 0 aliphatic heterocycles. The lowest BCUT2D eigenvalue weighted by atomic mass is 10.0. The minimum absolute atomic E-state index is 0.553. The van der Waals surface area contributed by atoms with Crippen LogP contribution in [0.1, 0.15) is 16.7 Å². The maximum atomic E-state index is 5.92. The van der Waals surface area contributed by atoms with Crippen molar-refractivity contribution in [3.63, 3.8) is 0 Å². The van der Waals surface area contributed by atoms with Crippen LogP contribution in [0.4, 0.5) is 5.82 Å². The standard InChI is InChI=1S/C27H27N3/c28-27-17-9-16-26(29-27)25-15-8-7-14-24(25)18-19-30(20-22-10-3-1-4-11-22)21-23-12-5-2-6-13-23/h1-17H,18-21H2,(H2,28,29). The normalized spacial score (nSPS) is 11.0. The Morgan fingerprint density at radius 1 is 0.633 bits per heavy atom. The summed E-state index contributed by atoms with van der Waals surface area (Å²) in [6, 6.07) is 35.7. The van der Waals surface area contributed by atoms with Gasteiger partial charge in [-0.15, -0.1) is 0 Å². The van der Waals surface area contributed by atoms with Crippen LogP contribution in [-0.4, -0.2) is 16.4 Å². The zero-order valence-electron chi connectivity index (χ0n) is 17.1. The molecule has 3 heteroatoms. The number of pyridine rings is 1. The molecule has 3 nitrogen and oxygen atoms in total. The minimum atomic E-state index is 0.553. The van der Waals surface area contributed by atoms with E-state index in [1.807, 2.05) is 18.2 Å². The third kappa shape index (κ3) is 5.34. The van der Waals surface area contributed by atoms with E-state index in [1.54, 1.807) is 0 Å². The van der Waals surface area contributed by atoms with Gasteiger partial charge in [-0.05, 0) is 35.2 Å². The second-order valence-corrected chi connectivity index (χ2v) is 7.54. The average Bonchev–Trinajstić information content (AvgIpc) is 2.79. The van der Waals surface area contributed by atoms with Crippen molar-refractivity contribution in [2.75, 3.05) is 12.3 Å². The van der Waals surface area contributed by atoms with Crippen molar-refractivity contribution < 1.29 is 0 Å². The molecule has 0 radical (unpaired) electrons. The molecule has 0 saturated carbocycles. The second kappa shape index (κ2) is 9.86. The first kappa shape index (κ1) is 19.9. The predicted octanol–water partition coefficient (Wildman–Crippen LogP) is 5.58. The van der Waals surface area contributed by atoms with Crippen LogP contribution in [0.15, 0.2) is 103 Å². The quantitative estimate of drug-likeness (QED) is 0.425. The van der Waals surface area contributed by atoms with E-state index in [0.717, 1.165) is 37.3 Å². The molecule has 3 aromatic carbocycles. The fourth-order valence-corrected chi connectivity index (χ4v) is 3.77. The van der Waals surface area contributed by atoms with Crippen LogP contribution >= 0.6 is 0 Å². The summed E-state index contributed by atoms with van der Waals surface area (Å²) in [6.45, 7) is 2.81. The SMILES string of the molecule is Nc1cccc(-c2ccccc2CCN(Cc2ccccc2)Cc2ccccc2)n1. The molecular weight excluding hydrogens is 366 g/mol. The molecule has 30 heavy (non-hydrogen) atoms. The number of anilines is 1. The summed E-state index contributed by atoms with van der Waals surface area (Å²) >= 11 is 0. The van der Waals surface area contributed by atoms with Gasteiger partial charge in [0.2, 0.25) is 0 Å². The number of aromatic nitrogens is 1. The Kier molecular flexibility index (Phi) is 6.53. The fraction of sp³-hybridized carbons (Fsp3) is 0.148. The maximum Gasteiger partial charge on any atom is 0.124 e. The molecule has 0 unspecified atom stereocenters. The number of rotatable bonds is 8. The third-order valence-electron chi connectivity index (χ3n) is 5.26. The Hall–Kier alpha value is -3.43. The summed E-state index contributed by atoms with van der Waals surface area (Å²) < 4.78 is 0. The van der Waals surface area contributed by atoms with Crippen molar-refractivity contribution in [3.8, 4) is 11.3 Å². The highest BCUT2D eigenvalue weighted by Crippen LogP contribution is 2.23. The van der Waals surface area contributed by atoms with Crippen LogP contribution in [-0.2, 0) is 19.5 Å². The smallest absolute Gasteiger partial charge is 0.124 e. The van der Waals surface area contributed by atoms with E-state index in [-0.39, 0.29) is 0 Å². The third-order valence-corrected chi connectivity index (χ3v) is 5.26. The van der Waals surface area contributed by atoms with Crippen LogP contribution in [0, 0.1) is 0 Å². The molecular formula is C27H27N3. The molecule has 0 aliphatic rings. The number of nitrogens with zero attached hydrogens (tertiary/aromatic N) is 2. The Morgan fingerprint density at radius 2 is 1.23 bits per heavy atom. The lowest BCUT2D eigenvalue weighted by Gasteiger charge is -2.23. The van der Waals surface area contributed by atoms with E-state index < -0.39 is 0 Å². The van der Waals surface area contributed by atoms with E-state index in [2.05, 4.69) is 94.8 Å². The van der Waals surface area contributed by atoms with Gasteiger partial charge in [-0.25, -0.2) is 4.98 Å². The van der Waals surface area contributed by atoms with E-state index in [1.165, 1.54) is 16.7 Å². The molecule has 0 amide bonds. The summed E-state index contributed by atoms with van der Waals surface area (Å²) in [6.07, 6.45) is 0.951. The van der Waals surface area contributed by atoms with E-state index in [0.29, 0.717) is 5.82 Å². The second-order valence-electron chi connectivity index (χ2n) is 7.54. The van der Waals surface area contributed by atoms with Crippen molar-refractivity contribution >= 4 is 5.82 Å². The zero-order chi connectivity index (χ0) is 20.6. The van der Waals surface area contributed by atoms with Gasteiger partial charge in [-0.1, -0.05) is 91.0 Å². The van der Waals surface area contributed by atoms with Crippen LogP contribution < -0.4 is 5.73 Å². The number of hydrogen-bond acceptors (Lipinski definition) is 3. The Balaban J connectivity index is 1.53. The molecule has 1 aromatic heterocycles. The van der Waals surface area contributed by atoms with Gasteiger partial charge in [0.15, 0.2) is 0 Å². The molecule has 4 rings (SSSR count). The molecule has 0 aliphatic carbocycles. The topological polar surface area (TPSA) is 42.1 Å². The highest BCUT2D eigenvalue weighted by atomic mass is 15.1. The van der Waals surface area contributed by atoms with Gasteiger partial charge in [-0.3, -0.25) is 4.90 Å². The molecule has 2 N–H and O–H groups in total. The summed E-state index contributed by atoms with van der Waals surface area (Å²) in [5.74, 6) is 0.553. The molecule has 0 atom stereocenters. The number of hydrogen-bond donors (Lipinski definition) is 1. The summed E-state index contributed by atoms with van der Waals surface area (Å²) in [7, 11) is 0. The van der Waals surface area contributed by atoms with Gasteiger partial charge in [0.05, 0.1) is 5.69 Å². The monoisotopic (exact) mass is 393 g/mol. The number of nitrogens with two attached hydrogens (primary N) is 1. The molecule has 150 valence electrons. The van der Waals surface area contributed by atoms with Crippen molar-refractivity contribution in [2.45, 2.75) is 19.5 Å². The molecule has 4 aromatic rings. The largest absolute Gasteiger partial charge is 0.384 e. The summed E-state index contributed by atoms with van der Waals surface area (Å²) in [5, 5.41) is 0. The van der Waals surface area contributed by atoms with Gasteiger partial charge < -0.3 is 5.73 Å². The van der Waals surface area contributed by atoms with Crippen molar-refractivity contribution in [1.29, 1.82) is 0 Å². The zero-order valence-corrected chi connectivity index (χ0v) is 17.1. The van der Waals surface area contributed by atoms with Gasteiger partial charge in [0, 0.05) is 25.2 Å². The maximum absolute atomic E-state index is 5.92. The average molecular weight is 394 g/mol. The van der Waals surface area contributed by atoms with Gasteiger partial charge in [0.1, 0.15) is 5.82 Å². The van der Waals surface area contributed by atoms with E-state index in [9.17, 15) is 0 Å². The molecule has 0 spiro atoms. The van der Waals surface area contributed by atoms with Crippen molar-refractivity contribution in [2.24, 2.45) is 0 Å². The lowest BCUT2D eigenvalue weighted by molar-refractivity contribution is 0.260. The highest BCUT2D eigenvalue weighted by molar-refractivity contribution is 5.65. The van der Waals surface area contributed by atoms with Gasteiger partial charge in [-0.2, -0.15) is 0 Å². The number of nitrogen functional groups attached to an aromatic ring is 1. The van der Waals surface area contributed by atoms with E-state index >= 15 is 0 Å². The van der Waals surface area contributed by atoms with E-state index in [4.69, 9.17) is 5.73 Å². The molecule has 0 fully saturated rings. The Labute approximate surface area is 178 Å². The van der Waals surface area contributed by atoms with Gasteiger partial charge in [0.25, 0.3) is 0 Å². The number of benzene rings is 3. The Bertz CT molecular complexity index is 1020. The van der Waals surface area contributed by atoms with Gasteiger partial charge >= 0.3 is 0 Å². The molecule has 0 bridgehead atoms. The first-order chi connectivity index (χ1) is 14.8. The summed E-state index contributed by atoms with van der Waals surface area (Å²) in [4.78, 5) is 7.04. The molecule has 1 heterocycles.